The van der Waals surface area contributed by atoms with Crippen LogP contribution >= 0.6 is 15.9 Å². The van der Waals surface area contributed by atoms with E-state index in [2.05, 4.69) is 36.9 Å². The second-order valence-corrected chi connectivity index (χ2v) is 8.01. The van der Waals surface area contributed by atoms with E-state index < -0.39 is 29.4 Å². The van der Waals surface area contributed by atoms with Crippen molar-refractivity contribution in [3.8, 4) is 16.8 Å². The number of carbonyl (C=O) groups is 1. The Kier molecular flexibility index (Phi) is 6.48. The third kappa shape index (κ3) is 4.16. The quantitative estimate of drug-likeness (QED) is 0.379. The largest absolute Gasteiger partial charge is 0.466 e. The third-order valence-electron chi connectivity index (χ3n) is 5.64. The molecule has 4 rings (SSSR count). The minimum atomic E-state index is -4.62. The van der Waals surface area contributed by atoms with Crippen LogP contribution in [0, 0.1) is 22.1 Å². The van der Waals surface area contributed by atoms with Crippen molar-refractivity contribution < 1.29 is 22.7 Å². The number of aromatic amines is 1. The molecule has 8 nitrogen and oxygen atoms in total. The molecule has 0 spiro atoms. The maximum absolute atomic E-state index is 13.4. The molecule has 0 unspecified atom stereocenters. The number of hydrogen-bond acceptors (Lipinski definition) is 6. The fourth-order valence-corrected chi connectivity index (χ4v) is 4.32. The van der Waals surface area contributed by atoms with E-state index in [0.29, 0.717) is 16.7 Å². The van der Waals surface area contributed by atoms with Gasteiger partial charge in [-0.1, -0.05) is 18.1 Å². The number of methoxy groups -OCH3 is 1. The third-order valence-corrected chi connectivity index (χ3v) is 5.84. The van der Waals surface area contributed by atoms with Crippen LogP contribution in [0.15, 0.2) is 58.5 Å². The fourth-order valence-electron chi connectivity index (χ4n) is 4.10. The van der Waals surface area contributed by atoms with Crippen LogP contribution in [-0.2, 0) is 15.7 Å². The summed E-state index contributed by atoms with van der Waals surface area (Å²) in [5.74, 6) is 1.95. The molecule has 36 heavy (non-hydrogen) atoms. The van der Waals surface area contributed by atoms with Gasteiger partial charge in [0, 0.05) is 32.9 Å². The molecule has 2 aromatic carbocycles. The first-order chi connectivity index (χ1) is 17.1. The lowest BCUT2D eigenvalue weighted by atomic mass is 9.90. The number of fused-ring (bicyclic) bond motifs is 1. The number of halogens is 4. The van der Waals surface area contributed by atoms with Crippen molar-refractivity contribution in [1.82, 2.24) is 14.8 Å². The molecule has 0 bridgehead atoms. The predicted molar refractivity (Wildman–Crippen MR) is 126 cm³/mol. The second-order valence-electron chi connectivity index (χ2n) is 7.61. The average molecular weight is 558 g/mol. The van der Waals surface area contributed by atoms with E-state index in [1.807, 2.05) is 6.07 Å². The minimum absolute atomic E-state index is 0.0201. The molecule has 1 aromatic heterocycles. The topological polar surface area (TPSA) is 104 Å². The highest BCUT2D eigenvalue weighted by Gasteiger charge is 2.41. The van der Waals surface area contributed by atoms with Gasteiger partial charge in [-0.2, -0.15) is 18.4 Å². The number of nitrogens with zero attached hydrogens (tertiary/aromatic N) is 4. The van der Waals surface area contributed by atoms with E-state index in [0.717, 1.165) is 23.8 Å². The van der Waals surface area contributed by atoms with Crippen LogP contribution in [0.3, 0.4) is 0 Å². The Hall–Kier alpha value is -4.29. The monoisotopic (exact) mass is 557 g/mol. The molecule has 0 saturated heterocycles. The summed E-state index contributed by atoms with van der Waals surface area (Å²) >= 11 is 3.03. The maximum Gasteiger partial charge on any atom is 0.416 e. The number of esters is 1. The van der Waals surface area contributed by atoms with Crippen molar-refractivity contribution in [3.63, 3.8) is 0 Å². The highest BCUT2D eigenvalue weighted by atomic mass is 79.9. The summed E-state index contributed by atoms with van der Waals surface area (Å²) in [5, 5.41) is 15.7. The Balaban J connectivity index is 2.05. The molecule has 0 amide bonds. The Morgan fingerprint density at radius 2 is 2.00 bits per heavy atom. The number of rotatable bonds is 3. The minimum Gasteiger partial charge on any atom is -0.466 e. The summed E-state index contributed by atoms with van der Waals surface area (Å²) in [7, 11) is 1.15. The summed E-state index contributed by atoms with van der Waals surface area (Å²) in [6, 6.07) is 9.89. The number of H-pyrrole nitrogens is 1. The van der Waals surface area contributed by atoms with Crippen LogP contribution < -0.4 is 10.6 Å². The number of alkyl halides is 3. The van der Waals surface area contributed by atoms with Crippen LogP contribution in [0.2, 0.25) is 0 Å². The summed E-state index contributed by atoms with van der Waals surface area (Å²) in [6.07, 6.45) is -4.62. The zero-order valence-electron chi connectivity index (χ0n) is 18.6. The molecule has 0 fully saturated rings. The number of ether oxygens (including phenoxy) is 1. The summed E-state index contributed by atoms with van der Waals surface area (Å²) in [5.41, 5.74) is -0.406. The lowest BCUT2D eigenvalue weighted by Crippen LogP contribution is -2.38. The van der Waals surface area contributed by atoms with Crippen LogP contribution in [0.4, 0.5) is 24.8 Å². The number of allylic oxidation sites excluding steroid dienone is 1. The zero-order valence-corrected chi connectivity index (χ0v) is 20.2. The Morgan fingerprint density at radius 3 is 2.64 bits per heavy atom. The van der Waals surface area contributed by atoms with Gasteiger partial charge in [0.15, 0.2) is 0 Å². The fraction of sp³-hybridized carbons (Fsp3) is 0.167. The molecule has 0 saturated carbocycles. The number of nitrogens with one attached hydrogen (secondary N) is 1. The first-order valence-electron chi connectivity index (χ1n) is 10.2. The predicted octanol–water partition coefficient (Wildman–Crippen LogP) is 4.35. The Morgan fingerprint density at radius 1 is 1.25 bits per heavy atom. The summed E-state index contributed by atoms with van der Waals surface area (Å²) < 4.78 is 46.4. The number of nitriles is 1. The van der Waals surface area contributed by atoms with Crippen molar-refractivity contribution in [3.05, 3.63) is 86.5 Å². The lowest BCUT2D eigenvalue weighted by Gasteiger charge is -2.35. The van der Waals surface area contributed by atoms with E-state index in [1.54, 1.807) is 6.07 Å². The van der Waals surface area contributed by atoms with Crippen molar-refractivity contribution in [1.29, 1.82) is 5.26 Å². The van der Waals surface area contributed by atoms with E-state index in [-0.39, 0.29) is 22.9 Å². The standard InChI is InChI=1S/C24H15BrF3N5O3/c1-13-19(21(34)36-2)20(18-7-6-14(12-29)10-15(18)8-9-25)33-22(30-31-23(33)35)32(13)17-5-3-4-16(11-17)24(26,27)28/h3-7,10-11,20H,1-2H3,(H,31,35)/t20-/m1/s1. The maximum atomic E-state index is 13.4. The molecule has 1 atom stereocenters. The molecule has 12 heteroatoms. The number of carbonyl (C=O) groups excluding carboxylic acids is 1. The van der Waals surface area contributed by atoms with Gasteiger partial charge in [0.2, 0.25) is 5.95 Å². The molecule has 2 heterocycles. The van der Waals surface area contributed by atoms with Crippen LogP contribution in [0.1, 0.15) is 35.2 Å². The molecule has 0 radical (unpaired) electrons. The van der Waals surface area contributed by atoms with E-state index in [1.165, 1.54) is 36.1 Å². The van der Waals surface area contributed by atoms with Gasteiger partial charge in [-0.15, -0.1) is 5.10 Å². The number of benzene rings is 2. The van der Waals surface area contributed by atoms with E-state index >= 15 is 0 Å². The molecular weight excluding hydrogens is 543 g/mol. The van der Waals surface area contributed by atoms with Gasteiger partial charge < -0.3 is 4.74 Å². The molecule has 1 N–H and O–H groups in total. The Bertz CT molecular complexity index is 1570. The van der Waals surface area contributed by atoms with Crippen LogP contribution in [-0.4, -0.2) is 27.8 Å². The van der Waals surface area contributed by atoms with Gasteiger partial charge in [0.1, 0.15) is 6.04 Å². The molecular formula is C24H15BrF3N5O3. The molecule has 0 aliphatic carbocycles. The van der Waals surface area contributed by atoms with Gasteiger partial charge in [0.05, 0.1) is 29.9 Å². The number of aromatic nitrogens is 3. The molecule has 182 valence electrons. The molecule has 1 aliphatic rings. The zero-order chi connectivity index (χ0) is 26.2. The normalized spacial score (nSPS) is 15.0. The van der Waals surface area contributed by atoms with Crippen LogP contribution in [0.25, 0.3) is 0 Å². The van der Waals surface area contributed by atoms with Crippen molar-refractivity contribution >= 4 is 33.5 Å². The average Bonchev–Trinajstić information content (AvgIpc) is 3.23. The van der Waals surface area contributed by atoms with E-state index in [9.17, 15) is 28.0 Å². The van der Waals surface area contributed by atoms with Crippen molar-refractivity contribution in [2.45, 2.75) is 19.1 Å². The Labute approximate surface area is 210 Å². The van der Waals surface area contributed by atoms with E-state index in [4.69, 9.17) is 4.74 Å². The first kappa shape index (κ1) is 24.8. The van der Waals surface area contributed by atoms with Gasteiger partial charge in [-0.05, 0) is 47.6 Å². The molecule has 1 aliphatic heterocycles. The summed E-state index contributed by atoms with van der Waals surface area (Å²) in [4.78, 5) is 29.9. The number of anilines is 2. The lowest BCUT2D eigenvalue weighted by molar-refractivity contribution is -0.138. The van der Waals surface area contributed by atoms with Gasteiger partial charge in [0.25, 0.3) is 0 Å². The molecule has 3 aromatic rings. The number of hydrogen-bond donors (Lipinski definition) is 1. The van der Waals surface area contributed by atoms with Crippen molar-refractivity contribution in [2.24, 2.45) is 0 Å². The first-order valence-corrected chi connectivity index (χ1v) is 11.0. The summed E-state index contributed by atoms with van der Waals surface area (Å²) in [6.45, 7) is 1.52. The van der Waals surface area contributed by atoms with Gasteiger partial charge >= 0.3 is 17.8 Å². The smallest absolute Gasteiger partial charge is 0.416 e. The highest BCUT2D eigenvalue weighted by Crippen LogP contribution is 2.43. The van der Waals surface area contributed by atoms with Crippen LogP contribution in [0.5, 0.6) is 0 Å². The van der Waals surface area contributed by atoms with Crippen molar-refractivity contribution in [2.75, 3.05) is 12.0 Å². The van der Waals surface area contributed by atoms with Gasteiger partial charge in [-0.3, -0.25) is 4.90 Å². The SMILES string of the molecule is COC(=O)C1=C(C)N(c2cccc(C(F)(F)F)c2)c2n[nH]c(=O)n2[C@@H]1c1ccc(C#N)cc1C#CBr. The highest BCUT2D eigenvalue weighted by molar-refractivity contribution is 9.12. The second kappa shape index (κ2) is 9.40. The van der Waals surface area contributed by atoms with Gasteiger partial charge in [-0.25, -0.2) is 19.3 Å².